The van der Waals surface area contributed by atoms with Crippen molar-refractivity contribution in [2.24, 2.45) is 0 Å². The molecule has 0 bridgehead atoms. The molecule has 1 unspecified atom stereocenters. The number of carbonyl (C=O) groups excluding carboxylic acids is 4. The van der Waals surface area contributed by atoms with Crippen LogP contribution in [-0.2, 0) is 19.1 Å². The number of carbonyl (C=O) groups is 4. The van der Waals surface area contributed by atoms with Crippen molar-refractivity contribution in [1.82, 2.24) is 4.98 Å². The topological polar surface area (TPSA) is 115 Å². The molecule has 0 spiro atoms. The zero-order chi connectivity index (χ0) is 23.1. The molecule has 2 rings (SSSR count). The number of anilines is 1. The molecular weight excluding hydrogens is 427 g/mol. The van der Waals surface area contributed by atoms with Crippen LogP contribution in [0.1, 0.15) is 39.0 Å². The van der Waals surface area contributed by atoms with Gasteiger partial charge in [-0.2, -0.15) is 0 Å². The fraction of sp³-hybridized carbons (Fsp3) is 0.333. The lowest BCUT2D eigenvalue weighted by atomic mass is 10.1. The van der Waals surface area contributed by atoms with Crippen LogP contribution in [0.25, 0.3) is 0 Å². The van der Waals surface area contributed by atoms with Gasteiger partial charge in [-0.15, -0.1) is 11.8 Å². The van der Waals surface area contributed by atoms with Gasteiger partial charge in [-0.25, -0.2) is 9.18 Å². The SMILES string of the molecule is COC(=O)c1c(C)[nH]c(C(=O)COC(=O)C(C)SCC(=O)Nc2ccc(F)cc2)c1C. The van der Waals surface area contributed by atoms with Crippen LogP contribution in [0.2, 0.25) is 0 Å². The maximum Gasteiger partial charge on any atom is 0.339 e. The second kappa shape index (κ2) is 10.8. The Morgan fingerprint density at radius 3 is 2.42 bits per heavy atom. The van der Waals surface area contributed by atoms with Gasteiger partial charge < -0.3 is 19.8 Å². The van der Waals surface area contributed by atoms with E-state index in [9.17, 15) is 23.6 Å². The van der Waals surface area contributed by atoms with Gasteiger partial charge in [-0.05, 0) is 50.6 Å². The van der Waals surface area contributed by atoms with E-state index in [0.717, 1.165) is 11.8 Å². The maximum atomic E-state index is 12.9. The van der Waals surface area contributed by atoms with Gasteiger partial charge in [0.05, 0.1) is 24.1 Å². The molecule has 0 radical (unpaired) electrons. The number of ether oxygens (including phenoxy) is 2. The number of aromatic amines is 1. The van der Waals surface area contributed by atoms with Crippen LogP contribution < -0.4 is 5.32 Å². The summed E-state index contributed by atoms with van der Waals surface area (Å²) in [7, 11) is 1.25. The standard InChI is InChI=1S/C21H23FN2O6S/c1-11-18(21(28)29-4)12(2)23-19(11)16(25)9-30-20(27)13(3)31-10-17(26)24-15-7-5-14(22)6-8-15/h5-8,13,23H,9-10H2,1-4H3,(H,24,26). The van der Waals surface area contributed by atoms with Gasteiger partial charge in [-0.1, -0.05) is 0 Å². The highest BCUT2D eigenvalue weighted by Gasteiger charge is 2.24. The van der Waals surface area contributed by atoms with E-state index in [1.165, 1.54) is 31.4 Å². The minimum Gasteiger partial charge on any atom is -0.465 e. The second-order valence-corrected chi connectivity index (χ2v) is 7.98. The van der Waals surface area contributed by atoms with Gasteiger partial charge in [0.1, 0.15) is 11.1 Å². The fourth-order valence-corrected chi connectivity index (χ4v) is 3.44. The van der Waals surface area contributed by atoms with Gasteiger partial charge in [0.15, 0.2) is 6.61 Å². The molecule has 10 heteroatoms. The van der Waals surface area contributed by atoms with Crippen LogP contribution in [0.4, 0.5) is 10.1 Å². The molecular formula is C21H23FN2O6S. The molecule has 1 aromatic carbocycles. The number of nitrogens with one attached hydrogen (secondary N) is 2. The van der Waals surface area contributed by atoms with Crippen molar-refractivity contribution in [3.05, 3.63) is 52.6 Å². The van der Waals surface area contributed by atoms with E-state index >= 15 is 0 Å². The predicted octanol–water partition coefficient (Wildman–Crippen LogP) is 3.04. The number of ketones is 1. The van der Waals surface area contributed by atoms with E-state index in [-0.39, 0.29) is 22.9 Å². The Morgan fingerprint density at radius 1 is 1.16 bits per heavy atom. The minimum absolute atomic E-state index is 0.0288. The minimum atomic E-state index is -0.691. The van der Waals surface area contributed by atoms with Gasteiger partial charge in [0.25, 0.3) is 0 Å². The van der Waals surface area contributed by atoms with E-state index in [4.69, 9.17) is 9.47 Å². The molecule has 1 amide bonds. The third-order valence-corrected chi connectivity index (χ3v) is 5.50. The summed E-state index contributed by atoms with van der Waals surface area (Å²) in [5, 5.41) is 1.90. The van der Waals surface area contributed by atoms with Crippen molar-refractivity contribution >= 4 is 41.1 Å². The highest BCUT2D eigenvalue weighted by Crippen LogP contribution is 2.20. The molecule has 0 saturated heterocycles. The molecule has 0 saturated carbocycles. The third-order valence-electron chi connectivity index (χ3n) is 4.38. The molecule has 2 aromatic rings. The number of aryl methyl sites for hydroxylation is 1. The first-order valence-electron chi connectivity index (χ1n) is 9.28. The fourth-order valence-electron chi connectivity index (χ4n) is 2.76. The van der Waals surface area contributed by atoms with Crippen molar-refractivity contribution in [3.8, 4) is 0 Å². The van der Waals surface area contributed by atoms with Crippen molar-refractivity contribution in [1.29, 1.82) is 0 Å². The van der Waals surface area contributed by atoms with Crippen molar-refractivity contribution < 1.29 is 33.0 Å². The number of methoxy groups -OCH3 is 1. The van der Waals surface area contributed by atoms with E-state index in [1.54, 1.807) is 20.8 Å². The van der Waals surface area contributed by atoms with Gasteiger partial charge in [-0.3, -0.25) is 14.4 Å². The summed E-state index contributed by atoms with van der Waals surface area (Å²) in [4.78, 5) is 51.1. The Kier molecular flexibility index (Phi) is 8.38. The van der Waals surface area contributed by atoms with Crippen LogP contribution in [0.3, 0.4) is 0 Å². The van der Waals surface area contributed by atoms with Crippen molar-refractivity contribution in [2.75, 3.05) is 24.8 Å². The van der Waals surface area contributed by atoms with Crippen LogP contribution in [0.15, 0.2) is 24.3 Å². The third kappa shape index (κ3) is 6.42. The van der Waals surface area contributed by atoms with Crippen molar-refractivity contribution in [2.45, 2.75) is 26.0 Å². The van der Waals surface area contributed by atoms with E-state index in [2.05, 4.69) is 10.3 Å². The lowest BCUT2D eigenvalue weighted by molar-refractivity contribution is -0.141. The number of halogens is 1. The Labute approximate surface area is 182 Å². The number of esters is 2. The highest BCUT2D eigenvalue weighted by molar-refractivity contribution is 8.01. The molecule has 0 fully saturated rings. The lowest BCUT2D eigenvalue weighted by Gasteiger charge is -2.11. The number of benzene rings is 1. The number of amides is 1. The molecule has 0 aliphatic carbocycles. The smallest absolute Gasteiger partial charge is 0.339 e. The van der Waals surface area contributed by atoms with Gasteiger partial charge in [0, 0.05) is 11.4 Å². The van der Waals surface area contributed by atoms with E-state index < -0.39 is 35.4 Å². The summed E-state index contributed by atoms with van der Waals surface area (Å²) >= 11 is 1.04. The summed E-state index contributed by atoms with van der Waals surface area (Å²) in [6.45, 7) is 4.29. The molecule has 2 N–H and O–H groups in total. The van der Waals surface area contributed by atoms with E-state index in [0.29, 0.717) is 16.9 Å². The number of hydrogen-bond donors (Lipinski definition) is 2. The zero-order valence-electron chi connectivity index (χ0n) is 17.5. The van der Waals surface area contributed by atoms with Crippen LogP contribution in [-0.4, -0.2) is 53.3 Å². The molecule has 1 heterocycles. The summed E-state index contributed by atoms with van der Waals surface area (Å²) in [5.41, 5.74) is 1.79. The lowest BCUT2D eigenvalue weighted by Crippen LogP contribution is -2.24. The number of thioether (sulfide) groups is 1. The number of aromatic nitrogens is 1. The first-order chi connectivity index (χ1) is 14.6. The maximum absolute atomic E-state index is 12.9. The normalized spacial score (nSPS) is 11.5. The monoisotopic (exact) mass is 450 g/mol. The molecule has 1 aromatic heterocycles. The number of hydrogen-bond acceptors (Lipinski definition) is 7. The number of rotatable bonds is 9. The Bertz CT molecular complexity index is 987. The number of H-pyrrole nitrogens is 1. The van der Waals surface area contributed by atoms with Gasteiger partial charge >= 0.3 is 11.9 Å². The predicted molar refractivity (Wildman–Crippen MR) is 114 cm³/mol. The second-order valence-electron chi connectivity index (χ2n) is 6.66. The molecule has 166 valence electrons. The summed E-state index contributed by atoms with van der Waals surface area (Å²) < 4.78 is 22.6. The summed E-state index contributed by atoms with van der Waals surface area (Å²) in [6, 6.07) is 5.30. The zero-order valence-corrected chi connectivity index (χ0v) is 18.4. The van der Waals surface area contributed by atoms with Crippen LogP contribution >= 0.6 is 11.8 Å². The van der Waals surface area contributed by atoms with Crippen LogP contribution in [0.5, 0.6) is 0 Å². The molecule has 1 atom stereocenters. The number of Topliss-reactive ketones (excluding diaryl/α,β-unsaturated/α-hetero) is 1. The Balaban J connectivity index is 1.83. The molecule has 0 aliphatic heterocycles. The summed E-state index contributed by atoms with van der Waals surface area (Å²) in [6.07, 6.45) is 0. The van der Waals surface area contributed by atoms with Gasteiger partial charge in [0.2, 0.25) is 11.7 Å². The molecule has 8 nitrogen and oxygen atoms in total. The molecule has 31 heavy (non-hydrogen) atoms. The highest BCUT2D eigenvalue weighted by atomic mass is 32.2. The molecule has 0 aliphatic rings. The van der Waals surface area contributed by atoms with E-state index in [1.807, 2.05) is 0 Å². The summed E-state index contributed by atoms with van der Waals surface area (Å²) in [5.74, 6) is -2.51. The quantitative estimate of drug-likeness (QED) is 0.446. The Hall–Kier alpha value is -3.14. The van der Waals surface area contributed by atoms with Crippen molar-refractivity contribution in [3.63, 3.8) is 0 Å². The average Bonchev–Trinajstić information content (AvgIpc) is 3.05. The average molecular weight is 450 g/mol. The van der Waals surface area contributed by atoms with Crippen LogP contribution in [0, 0.1) is 19.7 Å². The first-order valence-corrected chi connectivity index (χ1v) is 10.3. The largest absolute Gasteiger partial charge is 0.465 e. The Morgan fingerprint density at radius 2 is 1.81 bits per heavy atom. The first kappa shape index (κ1) is 24.1.